The number of nitrogens with one attached hydrogen (secondary N) is 1. The van der Waals surface area contributed by atoms with Crippen LogP contribution in [0.4, 0.5) is 0 Å². The van der Waals surface area contributed by atoms with Crippen LogP contribution in [0.2, 0.25) is 0 Å². The van der Waals surface area contributed by atoms with E-state index in [0.29, 0.717) is 6.42 Å². The van der Waals surface area contributed by atoms with Gasteiger partial charge in [-0.05, 0) is 37.1 Å². The van der Waals surface area contributed by atoms with Crippen molar-refractivity contribution in [2.75, 3.05) is 6.61 Å². The SMILES string of the molecule is CC(C)[C@](C)(C#N)NC(=O)COC(=O)CCCc1cccs1. The zero-order valence-corrected chi connectivity index (χ0v) is 14.0. The van der Waals surface area contributed by atoms with Crippen LogP contribution in [0, 0.1) is 17.2 Å². The van der Waals surface area contributed by atoms with E-state index in [1.165, 1.54) is 4.88 Å². The number of carbonyl (C=O) groups is 2. The summed E-state index contributed by atoms with van der Waals surface area (Å²) in [5.41, 5.74) is -0.956. The molecular weight excluding hydrogens is 300 g/mol. The molecule has 1 rings (SSSR count). The van der Waals surface area contributed by atoms with E-state index < -0.39 is 17.4 Å². The van der Waals surface area contributed by atoms with E-state index in [0.717, 1.165) is 6.42 Å². The van der Waals surface area contributed by atoms with Crippen molar-refractivity contribution in [1.29, 1.82) is 5.26 Å². The average molecular weight is 322 g/mol. The van der Waals surface area contributed by atoms with Gasteiger partial charge in [0.1, 0.15) is 5.54 Å². The van der Waals surface area contributed by atoms with Gasteiger partial charge in [-0.2, -0.15) is 5.26 Å². The topological polar surface area (TPSA) is 79.2 Å². The first kappa shape index (κ1) is 18.2. The summed E-state index contributed by atoms with van der Waals surface area (Å²) in [4.78, 5) is 24.6. The van der Waals surface area contributed by atoms with E-state index in [1.54, 1.807) is 18.3 Å². The van der Waals surface area contributed by atoms with Crippen LogP contribution in [-0.2, 0) is 20.7 Å². The molecule has 0 fully saturated rings. The van der Waals surface area contributed by atoms with Gasteiger partial charge in [0.15, 0.2) is 6.61 Å². The summed E-state index contributed by atoms with van der Waals surface area (Å²) in [6.45, 7) is 5.00. The minimum absolute atomic E-state index is 0.0389. The molecule has 5 nitrogen and oxygen atoms in total. The molecule has 1 atom stereocenters. The standard InChI is InChI=1S/C16H22N2O3S/c1-12(2)16(3,11-17)18-14(19)10-21-15(20)8-4-6-13-7-5-9-22-13/h5,7,9,12H,4,6,8,10H2,1-3H3,(H,18,19)/t16-/m0/s1. The van der Waals surface area contributed by atoms with E-state index in [4.69, 9.17) is 10.00 Å². The number of rotatable bonds is 8. The highest BCUT2D eigenvalue weighted by atomic mass is 32.1. The molecule has 1 aromatic heterocycles. The average Bonchev–Trinajstić information content (AvgIpc) is 2.98. The van der Waals surface area contributed by atoms with Crippen molar-refractivity contribution in [2.45, 2.75) is 45.6 Å². The molecule has 0 bridgehead atoms. The molecule has 1 N–H and O–H groups in total. The highest BCUT2D eigenvalue weighted by Crippen LogP contribution is 2.15. The quantitative estimate of drug-likeness (QED) is 0.746. The normalized spacial score (nSPS) is 13.2. The summed E-state index contributed by atoms with van der Waals surface area (Å²) in [5.74, 6) is -0.887. The van der Waals surface area contributed by atoms with E-state index in [1.807, 2.05) is 31.4 Å². The number of hydrogen-bond donors (Lipinski definition) is 1. The lowest BCUT2D eigenvalue weighted by molar-refractivity contribution is -0.149. The van der Waals surface area contributed by atoms with Gasteiger partial charge in [0.05, 0.1) is 6.07 Å². The molecule has 0 unspecified atom stereocenters. The molecule has 1 heterocycles. The van der Waals surface area contributed by atoms with Crippen LogP contribution in [0.15, 0.2) is 17.5 Å². The van der Waals surface area contributed by atoms with Gasteiger partial charge in [0, 0.05) is 11.3 Å². The van der Waals surface area contributed by atoms with Gasteiger partial charge in [-0.3, -0.25) is 9.59 Å². The predicted molar refractivity (Wildman–Crippen MR) is 85.2 cm³/mol. The third-order valence-electron chi connectivity index (χ3n) is 3.53. The van der Waals surface area contributed by atoms with Crippen molar-refractivity contribution in [1.82, 2.24) is 5.32 Å². The first-order valence-electron chi connectivity index (χ1n) is 7.27. The molecule has 0 aromatic carbocycles. The minimum atomic E-state index is -0.956. The molecule has 1 amide bonds. The molecule has 1 aromatic rings. The number of amides is 1. The van der Waals surface area contributed by atoms with Crippen LogP contribution >= 0.6 is 11.3 Å². The molecule has 0 spiro atoms. The number of esters is 1. The zero-order chi connectivity index (χ0) is 16.6. The first-order chi connectivity index (χ1) is 10.4. The summed E-state index contributed by atoms with van der Waals surface area (Å²) >= 11 is 1.66. The number of hydrogen-bond acceptors (Lipinski definition) is 5. The lowest BCUT2D eigenvalue weighted by Gasteiger charge is -2.27. The van der Waals surface area contributed by atoms with E-state index in [2.05, 4.69) is 11.4 Å². The lowest BCUT2D eigenvalue weighted by Crippen LogP contribution is -2.50. The Kier molecular flexibility index (Phi) is 7.06. The van der Waals surface area contributed by atoms with Crippen molar-refractivity contribution in [3.8, 4) is 6.07 Å². The van der Waals surface area contributed by atoms with Crippen molar-refractivity contribution >= 4 is 23.2 Å². The van der Waals surface area contributed by atoms with E-state index >= 15 is 0 Å². The maximum atomic E-state index is 11.7. The van der Waals surface area contributed by atoms with E-state index in [9.17, 15) is 9.59 Å². The molecule has 22 heavy (non-hydrogen) atoms. The molecular formula is C16H22N2O3S. The number of nitrogens with zero attached hydrogens (tertiary/aromatic N) is 1. The fourth-order valence-electron chi connectivity index (χ4n) is 1.71. The molecule has 0 saturated heterocycles. The van der Waals surface area contributed by atoms with Crippen LogP contribution in [0.1, 0.15) is 38.5 Å². The second-order valence-corrected chi connectivity index (χ2v) is 6.64. The zero-order valence-electron chi connectivity index (χ0n) is 13.2. The smallest absolute Gasteiger partial charge is 0.306 e. The minimum Gasteiger partial charge on any atom is -0.456 e. The second kappa shape index (κ2) is 8.54. The fourth-order valence-corrected chi connectivity index (χ4v) is 2.46. The maximum Gasteiger partial charge on any atom is 0.306 e. The van der Waals surface area contributed by atoms with Crippen molar-refractivity contribution in [2.24, 2.45) is 5.92 Å². The Morgan fingerprint density at radius 1 is 1.50 bits per heavy atom. The second-order valence-electron chi connectivity index (χ2n) is 5.61. The molecule has 6 heteroatoms. The van der Waals surface area contributed by atoms with Crippen LogP contribution in [0.25, 0.3) is 0 Å². The number of ether oxygens (including phenoxy) is 1. The van der Waals surface area contributed by atoms with Gasteiger partial charge in [-0.25, -0.2) is 0 Å². The van der Waals surface area contributed by atoms with Crippen molar-refractivity contribution < 1.29 is 14.3 Å². The number of aryl methyl sites for hydroxylation is 1. The van der Waals surface area contributed by atoms with Gasteiger partial charge in [0.2, 0.25) is 0 Å². The number of carbonyl (C=O) groups excluding carboxylic acids is 2. The van der Waals surface area contributed by atoms with Gasteiger partial charge in [0.25, 0.3) is 5.91 Å². The molecule has 0 aliphatic heterocycles. The number of nitriles is 1. The highest BCUT2D eigenvalue weighted by Gasteiger charge is 2.30. The van der Waals surface area contributed by atoms with Gasteiger partial charge >= 0.3 is 5.97 Å². The van der Waals surface area contributed by atoms with Gasteiger partial charge in [-0.15, -0.1) is 11.3 Å². The van der Waals surface area contributed by atoms with Crippen LogP contribution in [0.5, 0.6) is 0 Å². The monoisotopic (exact) mass is 322 g/mol. The Hall–Kier alpha value is -1.87. The summed E-state index contributed by atoms with van der Waals surface area (Å²) in [6.07, 6.45) is 1.81. The lowest BCUT2D eigenvalue weighted by atomic mass is 9.90. The largest absolute Gasteiger partial charge is 0.456 e. The van der Waals surface area contributed by atoms with Gasteiger partial charge < -0.3 is 10.1 Å². The van der Waals surface area contributed by atoms with Crippen LogP contribution < -0.4 is 5.32 Å². The highest BCUT2D eigenvalue weighted by molar-refractivity contribution is 7.09. The molecule has 0 aliphatic carbocycles. The predicted octanol–water partition coefficient (Wildman–Crippen LogP) is 2.67. The third-order valence-corrected chi connectivity index (χ3v) is 4.47. The molecule has 120 valence electrons. The molecule has 0 aliphatic rings. The fraction of sp³-hybridized carbons (Fsp3) is 0.562. The molecule has 0 saturated carbocycles. The first-order valence-corrected chi connectivity index (χ1v) is 8.15. The number of thiophene rings is 1. The van der Waals surface area contributed by atoms with Crippen molar-refractivity contribution in [3.63, 3.8) is 0 Å². The van der Waals surface area contributed by atoms with Gasteiger partial charge in [-0.1, -0.05) is 19.9 Å². The Labute approximate surface area is 135 Å². The Morgan fingerprint density at radius 3 is 2.77 bits per heavy atom. The van der Waals surface area contributed by atoms with Crippen LogP contribution in [0.3, 0.4) is 0 Å². The Balaban J connectivity index is 2.26. The Bertz CT molecular complexity index is 534. The Morgan fingerprint density at radius 2 is 2.23 bits per heavy atom. The third kappa shape index (κ3) is 5.86. The summed E-state index contributed by atoms with van der Waals surface area (Å²) in [5, 5.41) is 13.7. The van der Waals surface area contributed by atoms with Crippen molar-refractivity contribution in [3.05, 3.63) is 22.4 Å². The summed E-state index contributed by atoms with van der Waals surface area (Å²) < 4.78 is 4.94. The summed E-state index contributed by atoms with van der Waals surface area (Å²) in [7, 11) is 0. The van der Waals surface area contributed by atoms with Crippen LogP contribution in [-0.4, -0.2) is 24.0 Å². The summed E-state index contributed by atoms with van der Waals surface area (Å²) in [6, 6.07) is 6.08. The maximum absolute atomic E-state index is 11.7. The molecule has 0 radical (unpaired) electrons. The van der Waals surface area contributed by atoms with E-state index in [-0.39, 0.29) is 18.9 Å².